The summed E-state index contributed by atoms with van der Waals surface area (Å²) in [4.78, 5) is 17.9. The van der Waals surface area contributed by atoms with Crippen molar-refractivity contribution in [2.24, 2.45) is 12.8 Å². The van der Waals surface area contributed by atoms with Gasteiger partial charge in [-0.25, -0.2) is 4.98 Å². The topological polar surface area (TPSA) is 138 Å². The summed E-state index contributed by atoms with van der Waals surface area (Å²) in [5.41, 5.74) is 9.83. The van der Waals surface area contributed by atoms with E-state index >= 15 is 0 Å². The number of nitrogens with two attached hydrogens (primary N) is 1. The third kappa shape index (κ3) is 9.98. The summed E-state index contributed by atoms with van der Waals surface area (Å²) in [6.07, 6.45) is 4.69. The second-order valence-electron chi connectivity index (χ2n) is 10.4. The Balaban J connectivity index is 1.22. The Kier molecular flexibility index (Phi) is 12.2. The largest absolute Gasteiger partial charge is 0.378 e. The van der Waals surface area contributed by atoms with E-state index in [1.54, 1.807) is 6.33 Å². The normalized spacial score (nSPS) is 13.8. The van der Waals surface area contributed by atoms with E-state index in [9.17, 15) is 4.79 Å². The summed E-state index contributed by atoms with van der Waals surface area (Å²) >= 11 is 0. The van der Waals surface area contributed by atoms with Gasteiger partial charge in [-0.05, 0) is 48.1 Å². The maximum atomic E-state index is 13.1. The van der Waals surface area contributed by atoms with Gasteiger partial charge in [0.2, 0.25) is 0 Å². The Labute approximate surface area is 242 Å². The molecule has 41 heavy (non-hydrogen) atoms. The molecule has 1 aliphatic rings. The fourth-order valence-corrected chi connectivity index (χ4v) is 4.48. The number of amides is 1. The summed E-state index contributed by atoms with van der Waals surface area (Å²) in [6.45, 7) is 7.40. The number of hydrogen-bond acceptors (Lipinski definition) is 9. The van der Waals surface area contributed by atoms with Gasteiger partial charge in [0.25, 0.3) is 5.91 Å². The minimum absolute atomic E-state index is 0.203. The molecule has 4 N–H and O–H groups in total. The first-order valence-electron chi connectivity index (χ1n) is 14.4. The molecule has 1 unspecified atom stereocenters. The lowest BCUT2D eigenvalue weighted by atomic mass is 9.97. The van der Waals surface area contributed by atoms with Crippen LogP contribution < -0.4 is 16.4 Å². The first-order valence-corrected chi connectivity index (χ1v) is 14.4. The molecule has 1 saturated carbocycles. The minimum atomic E-state index is -0.203. The van der Waals surface area contributed by atoms with Crippen LogP contribution in [-0.2, 0) is 34.2 Å². The van der Waals surface area contributed by atoms with Crippen molar-refractivity contribution in [3.63, 3.8) is 0 Å². The first-order chi connectivity index (χ1) is 20.0. The van der Waals surface area contributed by atoms with Crippen LogP contribution in [0.5, 0.6) is 0 Å². The summed E-state index contributed by atoms with van der Waals surface area (Å²) in [5.74, 6) is 1.38. The number of carbonyl (C=O) groups excluding carboxylic acids is 1. The van der Waals surface area contributed by atoms with Crippen LogP contribution in [0.3, 0.4) is 0 Å². The van der Waals surface area contributed by atoms with Crippen molar-refractivity contribution in [1.82, 2.24) is 25.1 Å². The highest BCUT2D eigenvalue weighted by Crippen LogP contribution is 2.40. The molecule has 2 heterocycles. The maximum absolute atomic E-state index is 13.1. The predicted molar refractivity (Wildman–Crippen MR) is 157 cm³/mol. The van der Waals surface area contributed by atoms with E-state index in [0.717, 1.165) is 54.1 Å². The van der Waals surface area contributed by atoms with Crippen molar-refractivity contribution < 1.29 is 19.0 Å². The lowest BCUT2D eigenvalue weighted by Crippen LogP contribution is -2.22. The molecule has 0 saturated heterocycles. The van der Waals surface area contributed by atoms with E-state index in [1.165, 1.54) is 0 Å². The molecule has 1 atom stereocenters. The third-order valence-electron chi connectivity index (χ3n) is 6.96. The van der Waals surface area contributed by atoms with Gasteiger partial charge in [0.05, 0.1) is 39.6 Å². The second-order valence-corrected chi connectivity index (χ2v) is 10.4. The molecule has 1 fully saturated rings. The SMILES string of the molecule is CC(Cc1nncn1C)c1cccc(NC(=O)c2ccc(CNCCOCCOCCOCCN)c(C3CC3)n2)c1. The molecule has 0 spiro atoms. The lowest BCUT2D eigenvalue weighted by Gasteiger charge is -2.14. The molecule has 1 aliphatic carbocycles. The first kappa shape index (κ1) is 30.7. The lowest BCUT2D eigenvalue weighted by molar-refractivity contribution is 0.0165. The summed E-state index contributed by atoms with van der Waals surface area (Å²) in [7, 11) is 1.94. The van der Waals surface area contributed by atoms with E-state index in [1.807, 2.05) is 41.9 Å². The van der Waals surface area contributed by atoms with Crippen molar-refractivity contribution in [1.29, 1.82) is 0 Å². The zero-order valence-electron chi connectivity index (χ0n) is 24.2. The van der Waals surface area contributed by atoms with E-state index in [-0.39, 0.29) is 11.8 Å². The standard InChI is InChI=1S/C30H43N7O4/c1-22(18-28-36-33-21-37(28)2)24-4-3-5-26(19-24)34-30(38)27-9-8-25(29(35-27)23-6-7-23)20-32-11-13-40-15-17-41-16-14-39-12-10-31/h3-5,8-9,19,21-23,32H,6-7,10-18,20,31H2,1-2H3,(H,34,38). The van der Waals surface area contributed by atoms with E-state index in [2.05, 4.69) is 33.8 Å². The van der Waals surface area contributed by atoms with Crippen LogP contribution >= 0.6 is 0 Å². The Bertz CT molecular complexity index is 1230. The van der Waals surface area contributed by atoms with Gasteiger partial charge >= 0.3 is 0 Å². The van der Waals surface area contributed by atoms with Gasteiger partial charge in [0.1, 0.15) is 17.8 Å². The maximum Gasteiger partial charge on any atom is 0.274 e. The quantitative estimate of drug-likeness (QED) is 0.187. The Morgan fingerprint density at radius 3 is 2.54 bits per heavy atom. The zero-order valence-corrected chi connectivity index (χ0v) is 24.2. The Morgan fingerprint density at radius 2 is 1.83 bits per heavy atom. The number of nitrogens with one attached hydrogen (secondary N) is 2. The van der Waals surface area contributed by atoms with Crippen LogP contribution in [0, 0.1) is 0 Å². The third-order valence-corrected chi connectivity index (χ3v) is 6.96. The summed E-state index contributed by atoms with van der Waals surface area (Å²) in [5, 5.41) is 14.6. The van der Waals surface area contributed by atoms with Crippen LogP contribution in [0.1, 0.15) is 64.7 Å². The number of nitrogens with zero attached hydrogens (tertiary/aromatic N) is 4. The Hall–Kier alpha value is -3.22. The van der Waals surface area contributed by atoms with Crippen molar-refractivity contribution >= 4 is 11.6 Å². The highest BCUT2D eigenvalue weighted by atomic mass is 16.5. The monoisotopic (exact) mass is 565 g/mol. The number of anilines is 1. The highest BCUT2D eigenvalue weighted by Gasteiger charge is 2.28. The number of hydrogen-bond donors (Lipinski definition) is 3. The van der Waals surface area contributed by atoms with E-state index < -0.39 is 0 Å². The molecule has 0 bridgehead atoms. The van der Waals surface area contributed by atoms with Crippen LogP contribution in [-0.4, -0.2) is 78.4 Å². The van der Waals surface area contributed by atoms with Crippen molar-refractivity contribution in [3.8, 4) is 0 Å². The summed E-state index contributed by atoms with van der Waals surface area (Å²) < 4.78 is 18.3. The van der Waals surface area contributed by atoms with Gasteiger partial charge in [-0.2, -0.15) is 0 Å². The molecular formula is C30H43N7O4. The van der Waals surface area contributed by atoms with Gasteiger partial charge in [0.15, 0.2) is 0 Å². The van der Waals surface area contributed by atoms with Gasteiger partial charge in [0, 0.05) is 50.4 Å². The van der Waals surface area contributed by atoms with Gasteiger partial charge < -0.3 is 35.1 Å². The zero-order chi connectivity index (χ0) is 28.9. The number of aryl methyl sites for hydroxylation is 1. The van der Waals surface area contributed by atoms with Crippen LogP contribution in [0.25, 0.3) is 0 Å². The van der Waals surface area contributed by atoms with E-state index in [4.69, 9.17) is 24.9 Å². The van der Waals surface area contributed by atoms with Crippen molar-refractivity contribution in [3.05, 3.63) is 71.1 Å². The molecular weight excluding hydrogens is 522 g/mol. The predicted octanol–water partition coefficient (Wildman–Crippen LogP) is 2.78. The minimum Gasteiger partial charge on any atom is -0.378 e. The average Bonchev–Trinajstić information content (AvgIpc) is 3.75. The van der Waals surface area contributed by atoms with Crippen molar-refractivity contribution in [2.75, 3.05) is 58.0 Å². The summed E-state index contributed by atoms with van der Waals surface area (Å²) in [6, 6.07) is 11.8. The fraction of sp³-hybridized carbons (Fsp3) is 0.533. The van der Waals surface area contributed by atoms with Gasteiger partial charge in [-0.3, -0.25) is 4.79 Å². The van der Waals surface area contributed by atoms with Crippen LogP contribution in [0.2, 0.25) is 0 Å². The number of rotatable bonds is 19. The highest BCUT2D eigenvalue weighted by molar-refractivity contribution is 6.03. The molecule has 1 amide bonds. The number of aromatic nitrogens is 4. The number of ether oxygens (including phenoxy) is 3. The van der Waals surface area contributed by atoms with Gasteiger partial charge in [-0.15, -0.1) is 10.2 Å². The molecule has 11 heteroatoms. The molecule has 0 aliphatic heterocycles. The molecule has 0 radical (unpaired) electrons. The average molecular weight is 566 g/mol. The smallest absolute Gasteiger partial charge is 0.274 e. The molecule has 11 nitrogen and oxygen atoms in total. The fourth-order valence-electron chi connectivity index (χ4n) is 4.48. The number of carbonyl (C=O) groups is 1. The van der Waals surface area contributed by atoms with Crippen LogP contribution in [0.4, 0.5) is 5.69 Å². The van der Waals surface area contributed by atoms with E-state index in [0.29, 0.717) is 64.3 Å². The second kappa shape index (κ2) is 16.3. The van der Waals surface area contributed by atoms with Crippen molar-refractivity contribution in [2.45, 2.75) is 44.6 Å². The molecule has 3 aromatic rings. The molecule has 4 rings (SSSR count). The molecule has 2 aromatic heterocycles. The number of pyridine rings is 1. The molecule has 222 valence electrons. The Morgan fingerprint density at radius 1 is 1.07 bits per heavy atom. The number of benzene rings is 1. The van der Waals surface area contributed by atoms with Gasteiger partial charge in [-0.1, -0.05) is 25.1 Å². The molecule has 1 aromatic carbocycles. The van der Waals surface area contributed by atoms with Crippen LogP contribution in [0.15, 0.2) is 42.7 Å².